The fourth-order valence-corrected chi connectivity index (χ4v) is 4.55. The highest BCUT2D eigenvalue weighted by Gasteiger charge is 2.38. The number of ether oxygens (including phenoxy) is 3. The number of carboxylic acid groups (broad SMARTS) is 1. The molecule has 2 aromatic rings. The van der Waals surface area contributed by atoms with Crippen LogP contribution in [-0.2, 0) is 23.8 Å². The molecule has 2 aliphatic rings. The molecule has 1 saturated heterocycles. The van der Waals surface area contributed by atoms with E-state index in [9.17, 15) is 19.5 Å². The summed E-state index contributed by atoms with van der Waals surface area (Å²) >= 11 is 0. The lowest BCUT2D eigenvalue weighted by molar-refractivity contribution is -0.148. The molecule has 0 bridgehead atoms. The quantitative estimate of drug-likeness (QED) is 0.543. The molecule has 180 valence electrons. The van der Waals surface area contributed by atoms with Crippen LogP contribution < -0.4 is 10.6 Å². The maximum Gasteiger partial charge on any atom is 0.407 e. The molecule has 0 unspecified atom stereocenters. The Hall–Kier alpha value is -3.43. The molecule has 9 heteroatoms. The number of carboxylic acids is 1. The first-order valence-corrected chi connectivity index (χ1v) is 11.2. The fraction of sp³-hybridized carbons (Fsp3) is 0.400. The lowest BCUT2D eigenvalue weighted by Crippen LogP contribution is -2.56. The molecule has 2 amide bonds. The molecule has 1 aliphatic carbocycles. The van der Waals surface area contributed by atoms with Crippen LogP contribution in [0.25, 0.3) is 11.1 Å². The lowest BCUT2D eigenvalue weighted by atomic mass is 9.98. The molecule has 9 nitrogen and oxygen atoms in total. The minimum Gasteiger partial charge on any atom is -0.479 e. The van der Waals surface area contributed by atoms with Gasteiger partial charge in [0.15, 0.2) is 6.10 Å². The number of carbonyl (C=O) groups is 3. The molecule has 0 aromatic heterocycles. The number of methoxy groups -OCH3 is 1. The number of hydrogen-bond donors (Lipinski definition) is 3. The Kier molecular flexibility index (Phi) is 7.14. The van der Waals surface area contributed by atoms with Gasteiger partial charge in [0.1, 0.15) is 12.6 Å². The van der Waals surface area contributed by atoms with Crippen molar-refractivity contribution in [3.05, 3.63) is 59.7 Å². The van der Waals surface area contributed by atoms with E-state index in [0.29, 0.717) is 6.42 Å². The van der Waals surface area contributed by atoms with Crippen molar-refractivity contribution in [2.45, 2.75) is 43.6 Å². The summed E-state index contributed by atoms with van der Waals surface area (Å²) < 4.78 is 16.0. The van der Waals surface area contributed by atoms with Gasteiger partial charge in [-0.05, 0) is 35.6 Å². The van der Waals surface area contributed by atoms with Crippen molar-refractivity contribution in [3.8, 4) is 11.1 Å². The molecule has 1 aliphatic heterocycles. The number of benzene rings is 2. The van der Waals surface area contributed by atoms with Gasteiger partial charge in [0.2, 0.25) is 5.91 Å². The third-order valence-electron chi connectivity index (χ3n) is 6.40. The van der Waals surface area contributed by atoms with Crippen LogP contribution >= 0.6 is 0 Å². The predicted molar refractivity (Wildman–Crippen MR) is 122 cm³/mol. The van der Waals surface area contributed by atoms with Crippen molar-refractivity contribution in [1.82, 2.24) is 10.6 Å². The minimum absolute atomic E-state index is 0.104. The summed E-state index contributed by atoms with van der Waals surface area (Å²) in [6, 6.07) is 14.2. The number of nitrogens with one attached hydrogen (secondary N) is 2. The molecule has 1 heterocycles. The van der Waals surface area contributed by atoms with Crippen molar-refractivity contribution in [2.24, 2.45) is 0 Å². The molecule has 0 saturated carbocycles. The third-order valence-corrected chi connectivity index (χ3v) is 6.40. The van der Waals surface area contributed by atoms with Gasteiger partial charge in [-0.3, -0.25) is 4.79 Å². The van der Waals surface area contributed by atoms with E-state index in [-0.39, 0.29) is 19.1 Å². The number of hydrogen-bond acceptors (Lipinski definition) is 6. The number of rotatable bonds is 8. The van der Waals surface area contributed by atoms with Crippen molar-refractivity contribution < 1.29 is 33.7 Å². The highest BCUT2D eigenvalue weighted by atomic mass is 16.6. The largest absolute Gasteiger partial charge is 0.479 e. The fourth-order valence-electron chi connectivity index (χ4n) is 4.55. The molecule has 4 rings (SSSR count). The summed E-state index contributed by atoms with van der Waals surface area (Å²) in [6.45, 7) is 1.97. The highest BCUT2D eigenvalue weighted by molar-refractivity contribution is 5.87. The maximum absolute atomic E-state index is 12.9. The van der Waals surface area contributed by atoms with E-state index >= 15 is 0 Å². The van der Waals surface area contributed by atoms with Gasteiger partial charge in [-0.25, -0.2) is 9.59 Å². The molecular formula is C25H28N2O7. The molecular weight excluding hydrogens is 440 g/mol. The smallest absolute Gasteiger partial charge is 0.407 e. The molecule has 4 atom stereocenters. The van der Waals surface area contributed by atoms with E-state index in [1.807, 2.05) is 48.5 Å². The SMILES string of the molecule is CO[C@H](C)[C@H](NC(=O)OCC1c2ccccc2-c2ccccc21)C(=O)N[C@H]1CCO[C@H]1C(=O)O. The average Bonchev–Trinajstić information content (AvgIpc) is 3.43. The second-order valence-corrected chi connectivity index (χ2v) is 8.42. The van der Waals surface area contributed by atoms with E-state index in [2.05, 4.69) is 10.6 Å². The summed E-state index contributed by atoms with van der Waals surface area (Å²) in [5.41, 5.74) is 4.39. The van der Waals surface area contributed by atoms with Crippen LogP contribution in [-0.4, -0.2) is 67.7 Å². The van der Waals surface area contributed by atoms with Crippen molar-refractivity contribution in [1.29, 1.82) is 0 Å². The monoisotopic (exact) mass is 468 g/mol. The van der Waals surface area contributed by atoms with Crippen LogP contribution in [0.5, 0.6) is 0 Å². The van der Waals surface area contributed by atoms with E-state index in [0.717, 1.165) is 22.3 Å². The first kappa shape index (κ1) is 23.7. The molecule has 2 aromatic carbocycles. The number of alkyl carbamates (subject to hydrolysis) is 1. The summed E-state index contributed by atoms with van der Waals surface area (Å²) in [7, 11) is 1.42. The van der Waals surface area contributed by atoms with E-state index in [1.165, 1.54) is 7.11 Å². The number of amides is 2. The first-order chi connectivity index (χ1) is 16.4. The number of fused-ring (bicyclic) bond motifs is 3. The number of aliphatic carboxylic acids is 1. The summed E-state index contributed by atoms with van der Waals surface area (Å²) in [5, 5.41) is 14.5. The second kappa shape index (κ2) is 10.2. The topological polar surface area (TPSA) is 123 Å². The zero-order valence-corrected chi connectivity index (χ0v) is 19.0. The van der Waals surface area contributed by atoms with Gasteiger partial charge in [-0.1, -0.05) is 48.5 Å². The van der Waals surface area contributed by atoms with Gasteiger partial charge in [-0.15, -0.1) is 0 Å². The summed E-state index contributed by atoms with van der Waals surface area (Å²) in [6.07, 6.45) is -2.20. The van der Waals surface area contributed by atoms with E-state index < -0.39 is 42.3 Å². The van der Waals surface area contributed by atoms with Gasteiger partial charge in [0, 0.05) is 19.6 Å². The van der Waals surface area contributed by atoms with E-state index in [1.54, 1.807) is 6.92 Å². The zero-order valence-electron chi connectivity index (χ0n) is 19.0. The highest BCUT2D eigenvalue weighted by Crippen LogP contribution is 2.44. The summed E-state index contributed by atoms with van der Waals surface area (Å²) in [5.74, 6) is -1.83. The molecule has 3 N–H and O–H groups in total. The Bertz CT molecular complexity index is 1030. The van der Waals surface area contributed by atoms with Crippen molar-refractivity contribution in [3.63, 3.8) is 0 Å². The molecule has 0 spiro atoms. The molecule has 34 heavy (non-hydrogen) atoms. The Morgan fingerprint density at radius 3 is 2.29 bits per heavy atom. The Morgan fingerprint density at radius 2 is 1.71 bits per heavy atom. The predicted octanol–water partition coefficient (Wildman–Crippen LogP) is 2.29. The zero-order chi connectivity index (χ0) is 24.2. The van der Waals surface area contributed by atoms with Gasteiger partial charge in [0.25, 0.3) is 0 Å². The van der Waals surface area contributed by atoms with Crippen molar-refractivity contribution >= 4 is 18.0 Å². The normalized spacial score (nSPS) is 20.6. The number of carbonyl (C=O) groups excluding carboxylic acids is 2. The lowest BCUT2D eigenvalue weighted by Gasteiger charge is -2.26. The Morgan fingerprint density at radius 1 is 1.09 bits per heavy atom. The maximum atomic E-state index is 12.9. The van der Waals surface area contributed by atoms with Crippen LogP contribution in [0.1, 0.15) is 30.4 Å². The van der Waals surface area contributed by atoms with Gasteiger partial charge in [0.05, 0.1) is 12.1 Å². The van der Waals surface area contributed by atoms with Gasteiger partial charge < -0.3 is 30.0 Å². The van der Waals surface area contributed by atoms with Crippen LogP contribution in [0.3, 0.4) is 0 Å². The Balaban J connectivity index is 1.41. The Labute approximate surface area is 197 Å². The van der Waals surface area contributed by atoms with Crippen LogP contribution in [0.2, 0.25) is 0 Å². The summed E-state index contributed by atoms with van der Waals surface area (Å²) in [4.78, 5) is 36.9. The van der Waals surface area contributed by atoms with Crippen LogP contribution in [0.4, 0.5) is 4.79 Å². The minimum atomic E-state index is -1.15. The van der Waals surface area contributed by atoms with Gasteiger partial charge >= 0.3 is 12.1 Å². The van der Waals surface area contributed by atoms with Gasteiger partial charge in [-0.2, -0.15) is 0 Å². The molecule has 1 fully saturated rings. The van der Waals surface area contributed by atoms with Crippen molar-refractivity contribution in [2.75, 3.05) is 20.3 Å². The standard InChI is InChI=1S/C25H28N2O7/c1-14(32-2)21(23(28)26-20-11-12-33-22(20)24(29)30)27-25(31)34-13-19-17-9-5-3-7-15(17)16-8-4-6-10-18(16)19/h3-10,14,19-22H,11-13H2,1-2H3,(H,26,28)(H,27,31)(H,29,30)/t14-,20+,21+,22-/m1/s1. The van der Waals surface area contributed by atoms with Crippen LogP contribution in [0, 0.1) is 0 Å². The molecule has 0 radical (unpaired) electrons. The first-order valence-electron chi connectivity index (χ1n) is 11.2. The van der Waals surface area contributed by atoms with E-state index in [4.69, 9.17) is 14.2 Å². The second-order valence-electron chi connectivity index (χ2n) is 8.42. The van der Waals surface area contributed by atoms with Crippen LogP contribution in [0.15, 0.2) is 48.5 Å². The average molecular weight is 469 g/mol. The third kappa shape index (κ3) is 4.76.